The summed E-state index contributed by atoms with van der Waals surface area (Å²) in [6.07, 6.45) is 0.121. The van der Waals surface area contributed by atoms with E-state index in [1.165, 1.54) is 0 Å². The van der Waals surface area contributed by atoms with E-state index in [4.69, 9.17) is 10.8 Å². The Kier molecular flexibility index (Phi) is 4.84. The second kappa shape index (κ2) is 6.15. The lowest BCUT2D eigenvalue weighted by atomic mass is 10.1. The minimum absolute atomic E-state index is 0.121. The van der Waals surface area contributed by atoms with E-state index in [0.717, 1.165) is 5.56 Å². The molecule has 0 aliphatic heterocycles. The number of rotatable bonds is 6. The van der Waals surface area contributed by atoms with Crippen LogP contribution in [-0.2, 0) is 26.8 Å². The van der Waals surface area contributed by atoms with Crippen molar-refractivity contribution >= 4 is 22.7 Å². The van der Waals surface area contributed by atoms with Crippen LogP contribution in [0.3, 0.4) is 0 Å². The highest BCUT2D eigenvalue weighted by molar-refractivity contribution is 7.87. The van der Waals surface area contributed by atoms with Crippen LogP contribution in [-0.4, -0.2) is 32.2 Å². The molecule has 0 radical (unpaired) electrons. The number of nitrogens with two attached hydrogens (primary N) is 1. The summed E-state index contributed by atoms with van der Waals surface area (Å²) in [5.74, 6) is -2.37. The lowest BCUT2D eigenvalue weighted by Crippen LogP contribution is -2.33. The molecule has 0 spiro atoms. The van der Waals surface area contributed by atoms with Crippen LogP contribution in [0.2, 0.25) is 0 Å². The van der Waals surface area contributed by atoms with E-state index in [9.17, 15) is 13.8 Å². The summed E-state index contributed by atoms with van der Waals surface area (Å²) >= 11 is 0. The first-order chi connectivity index (χ1) is 8.00. The average Bonchev–Trinajstić information content (AvgIpc) is 2.25. The van der Waals surface area contributed by atoms with Gasteiger partial charge in [-0.15, -0.1) is 0 Å². The van der Waals surface area contributed by atoms with Crippen molar-refractivity contribution in [2.75, 3.05) is 5.75 Å². The SMILES string of the molecule is NC(=O)CS(=O)C(Cc1ccccc1)C(=O)O. The van der Waals surface area contributed by atoms with E-state index in [1.54, 1.807) is 30.3 Å². The topological polar surface area (TPSA) is 97.5 Å². The largest absolute Gasteiger partial charge is 0.480 e. The predicted octanol–water partition coefficient (Wildman–Crippen LogP) is -0.0837. The first-order valence-electron chi connectivity index (χ1n) is 4.93. The molecule has 92 valence electrons. The van der Waals surface area contributed by atoms with Crippen molar-refractivity contribution in [3.05, 3.63) is 35.9 Å². The minimum Gasteiger partial charge on any atom is -0.480 e. The third kappa shape index (κ3) is 4.36. The number of hydrogen-bond acceptors (Lipinski definition) is 3. The predicted molar refractivity (Wildman–Crippen MR) is 63.8 cm³/mol. The van der Waals surface area contributed by atoms with Gasteiger partial charge in [0.05, 0.1) is 0 Å². The maximum atomic E-state index is 11.6. The van der Waals surface area contributed by atoms with Crippen molar-refractivity contribution in [2.45, 2.75) is 11.7 Å². The van der Waals surface area contributed by atoms with Gasteiger partial charge in [-0.25, -0.2) is 0 Å². The highest BCUT2D eigenvalue weighted by Crippen LogP contribution is 2.08. The molecular formula is C11H13NO4S. The Labute approximate surface area is 101 Å². The average molecular weight is 255 g/mol. The summed E-state index contributed by atoms with van der Waals surface area (Å²) in [4.78, 5) is 21.6. The first-order valence-corrected chi connectivity index (χ1v) is 6.31. The van der Waals surface area contributed by atoms with Crippen molar-refractivity contribution in [3.63, 3.8) is 0 Å². The van der Waals surface area contributed by atoms with Crippen LogP contribution >= 0.6 is 0 Å². The summed E-state index contributed by atoms with van der Waals surface area (Å²) in [6.45, 7) is 0. The molecule has 17 heavy (non-hydrogen) atoms. The number of benzene rings is 1. The highest BCUT2D eigenvalue weighted by Gasteiger charge is 2.25. The maximum Gasteiger partial charge on any atom is 0.319 e. The van der Waals surface area contributed by atoms with Gasteiger partial charge in [-0.1, -0.05) is 30.3 Å². The fourth-order valence-electron chi connectivity index (χ4n) is 1.36. The van der Waals surface area contributed by atoms with Gasteiger partial charge in [0, 0.05) is 10.8 Å². The van der Waals surface area contributed by atoms with Crippen LogP contribution in [0.1, 0.15) is 5.56 Å². The highest BCUT2D eigenvalue weighted by atomic mass is 32.2. The minimum atomic E-state index is -1.79. The van der Waals surface area contributed by atoms with Gasteiger partial charge in [-0.3, -0.25) is 13.8 Å². The number of carboxylic acids is 1. The molecule has 1 aromatic carbocycles. The molecule has 6 heteroatoms. The fourth-order valence-corrected chi connectivity index (χ4v) is 2.45. The Balaban J connectivity index is 2.77. The van der Waals surface area contributed by atoms with Crippen molar-refractivity contribution in [3.8, 4) is 0 Å². The Morgan fingerprint density at radius 3 is 2.35 bits per heavy atom. The summed E-state index contributed by atoms with van der Waals surface area (Å²) in [5.41, 5.74) is 5.66. The van der Waals surface area contributed by atoms with Gasteiger partial charge in [0.2, 0.25) is 5.91 Å². The van der Waals surface area contributed by atoms with E-state index >= 15 is 0 Å². The molecule has 0 aromatic heterocycles. The van der Waals surface area contributed by atoms with Gasteiger partial charge in [0.25, 0.3) is 0 Å². The standard InChI is InChI=1S/C11H13NO4S/c12-10(13)7-17(16)9(11(14)15)6-8-4-2-1-3-5-8/h1-5,9H,6-7H2,(H2,12,13)(H,14,15). The molecule has 1 aromatic rings. The number of amides is 1. The van der Waals surface area contributed by atoms with Crippen LogP contribution in [0.15, 0.2) is 30.3 Å². The van der Waals surface area contributed by atoms with Crippen LogP contribution < -0.4 is 5.73 Å². The molecule has 1 amide bonds. The Morgan fingerprint density at radius 1 is 1.29 bits per heavy atom. The van der Waals surface area contributed by atoms with Gasteiger partial charge in [-0.05, 0) is 12.0 Å². The molecular weight excluding hydrogens is 242 g/mol. The molecule has 5 nitrogen and oxygen atoms in total. The molecule has 0 heterocycles. The van der Waals surface area contributed by atoms with Crippen LogP contribution in [0.5, 0.6) is 0 Å². The second-order valence-electron chi connectivity index (χ2n) is 3.51. The lowest BCUT2D eigenvalue weighted by molar-refractivity contribution is -0.136. The Hall–Kier alpha value is -1.69. The van der Waals surface area contributed by atoms with Crippen LogP contribution in [0.25, 0.3) is 0 Å². The molecule has 3 N–H and O–H groups in total. The zero-order valence-corrected chi connectivity index (χ0v) is 9.85. The maximum absolute atomic E-state index is 11.6. The third-order valence-electron chi connectivity index (χ3n) is 2.14. The van der Waals surface area contributed by atoms with Crippen LogP contribution in [0.4, 0.5) is 0 Å². The molecule has 0 saturated heterocycles. The molecule has 0 bridgehead atoms. The molecule has 2 atom stereocenters. The zero-order chi connectivity index (χ0) is 12.8. The smallest absolute Gasteiger partial charge is 0.319 e. The zero-order valence-electron chi connectivity index (χ0n) is 9.04. The van der Waals surface area contributed by atoms with Crippen molar-refractivity contribution in [1.29, 1.82) is 0 Å². The van der Waals surface area contributed by atoms with Gasteiger partial charge < -0.3 is 10.8 Å². The lowest BCUT2D eigenvalue weighted by Gasteiger charge is -2.11. The number of carbonyl (C=O) groups excluding carboxylic acids is 1. The van der Waals surface area contributed by atoms with Gasteiger partial charge >= 0.3 is 5.97 Å². The van der Waals surface area contributed by atoms with E-state index in [2.05, 4.69) is 0 Å². The van der Waals surface area contributed by atoms with Crippen molar-refractivity contribution < 1.29 is 18.9 Å². The Morgan fingerprint density at radius 2 is 1.88 bits per heavy atom. The molecule has 0 fully saturated rings. The molecule has 0 saturated carbocycles. The van der Waals surface area contributed by atoms with Gasteiger partial charge in [0.15, 0.2) is 0 Å². The molecule has 2 unspecified atom stereocenters. The summed E-state index contributed by atoms with van der Waals surface area (Å²) in [6, 6.07) is 8.84. The van der Waals surface area contributed by atoms with Crippen molar-refractivity contribution in [2.24, 2.45) is 5.73 Å². The number of primary amides is 1. The quantitative estimate of drug-likeness (QED) is 0.742. The Bertz CT molecular complexity index is 432. The van der Waals surface area contributed by atoms with E-state index < -0.39 is 33.7 Å². The number of carbonyl (C=O) groups is 2. The number of aliphatic carboxylic acids is 1. The summed E-state index contributed by atoms with van der Waals surface area (Å²) in [7, 11) is -1.79. The first kappa shape index (κ1) is 13.4. The number of hydrogen-bond donors (Lipinski definition) is 2. The third-order valence-corrected chi connectivity index (χ3v) is 3.71. The number of carboxylic acid groups (broad SMARTS) is 1. The second-order valence-corrected chi connectivity index (χ2v) is 5.13. The monoisotopic (exact) mass is 255 g/mol. The van der Waals surface area contributed by atoms with Crippen molar-refractivity contribution in [1.82, 2.24) is 0 Å². The van der Waals surface area contributed by atoms with E-state index in [1.807, 2.05) is 0 Å². The fraction of sp³-hybridized carbons (Fsp3) is 0.273. The van der Waals surface area contributed by atoms with E-state index in [0.29, 0.717) is 0 Å². The molecule has 1 rings (SSSR count). The van der Waals surface area contributed by atoms with Gasteiger partial charge in [-0.2, -0.15) is 0 Å². The molecule has 0 aliphatic rings. The van der Waals surface area contributed by atoms with Crippen LogP contribution in [0, 0.1) is 0 Å². The molecule has 0 aliphatic carbocycles. The van der Waals surface area contributed by atoms with E-state index in [-0.39, 0.29) is 6.42 Å². The normalized spacial score (nSPS) is 13.9. The summed E-state index contributed by atoms with van der Waals surface area (Å²) in [5, 5.41) is 7.87. The van der Waals surface area contributed by atoms with Gasteiger partial charge in [0.1, 0.15) is 11.0 Å². The summed E-state index contributed by atoms with van der Waals surface area (Å²) < 4.78 is 11.6.